The lowest BCUT2D eigenvalue weighted by atomic mass is 9.85. The van der Waals surface area contributed by atoms with E-state index in [9.17, 15) is 0 Å². The Balaban J connectivity index is 1.14. The van der Waals surface area contributed by atoms with Crippen LogP contribution < -0.4 is 11.1 Å². The van der Waals surface area contributed by atoms with Gasteiger partial charge in [-0.15, -0.1) is 0 Å². The van der Waals surface area contributed by atoms with Gasteiger partial charge in [0.15, 0.2) is 11.2 Å². The third kappa shape index (κ3) is 5.41. The fourth-order valence-electron chi connectivity index (χ4n) is 6.80. The van der Waals surface area contributed by atoms with Crippen LogP contribution in [0.5, 0.6) is 0 Å². The molecule has 5 aromatic rings. The molecular formula is C34H42N8O2. The minimum atomic E-state index is -0.0539. The summed E-state index contributed by atoms with van der Waals surface area (Å²) in [6.07, 6.45) is 6.91. The van der Waals surface area contributed by atoms with Gasteiger partial charge in [-0.2, -0.15) is 10.1 Å². The van der Waals surface area contributed by atoms with Crippen molar-refractivity contribution in [3.63, 3.8) is 0 Å². The summed E-state index contributed by atoms with van der Waals surface area (Å²) in [5.74, 6) is 0.452. The van der Waals surface area contributed by atoms with Gasteiger partial charge >= 0.3 is 0 Å². The van der Waals surface area contributed by atoms with Gasteiger partial charge in [-0.3, -0.25) is 4.90 Å². The topological polar surface area (TPSA) is 120 Å². The van der Waals surface area contributed by atoms with Crippen molar-refractivity contribution in [2.24, 2.45) is 0 Å². The number of nitrogens with zero attached hydrogens (tertiary/aromatic N) is 6. The van der Waals surface area contributed by atoms with Crippen molar-refractivity contribution in [2.75, 3.05) is 37.4 Å². The number of oxazole rings is 1. The van der Waals surface area contributed by atoms with Gasteiger partial charge in [0.1, 0.15) is 23.4 Å². The first kappa shape index (κ1) is 28.7. The van der Waals surface area contributed by atoms with Crippen molar-refractivity contribution in [3.05, 3.63) is 53.9 Å². The minimum Gasteiger partial charge on any atom is -0.423 e. The first-order valence-electron chi connectivity index (χ1n) is 15.9. The Kier molecular flexibility index (Phi) is 7.50. The first-order valence-corrected chi connectivity index (χ1v) is 15.9. The Bertz CT molecular complexity index is 1770. The lowest BCUT2D eigenvalue weighted by Gasteiger charge is -2.38. The number of hydrogen-bond acceptors (Lipinski definition) is 9. The molecule has 0 spiro atoms. The van der Waals surface area contributed by atoms with E-state index in [0.717, 1.165) is 97.5 Å². The maximum atomic E-state index is 6.43. The van der Waals surface area contributed by atoms with Crippen molar-refractivity contribution in [1.82, 2.24) is 29.6 Å². The van der Waals surface area contributed by atoms with Crippen molar-refractivity contribution in [3.8, 4) is 11.3 Å². The first-order chi connectivity index (χ1) is 21.3. The molecule has 7 rings (SSSR count). The van der Waals surface area contributed by atoms with Crippen molar-refractivity contribution in [1.29, 1.82) is 0 Å². The molecule has 0 radical (unpaired) electrons. The van der Waals surface area contributed by atoms with E-state index in [1.54, 1.807) is 6.33 Å². The molecule has 2 aliphatic rings. The number of anilines is 3. The highest BCUT2D eigenvalue weighted by atomic mass is 16.5. The van der Waals surface area contributed by atoms with E-state index in [1.807, 2.05) is 12.1 Å². The molecule has 4 heterocycles. The van der Waals surface area contributed by atoms with E-state index in [0.29, 0.717) is 17.9 Å². The van der Waals surface area contributed by atoms with Gasteiger partial charge in [0.2, 0.25) is 0 Å². The molecule has 0 bridgehead atoms. The number of aryl methyl sites for hydroxylation is 1. The fourth-order valence-corrected chi connectivity index (χ4v) is 6.80. The van der Waals surface area contributed by atoms with Crippen molar-refractivity contribution >= 4 is 39.7 Å². The van der Waals surface area contributed by atoms with Gasteiger partial charge in [0, 0.05) is 35.9 Å². The van der Waals surface area contributed by atoms with Crippen LogP contribution in [0.25, 0.3) is 33.4 Å². The monoisotopic (exact) mass is 594 g/mol. The molecule has 0 unspecified atom stereocenters. The highest BCUT2D eigenvalue weighted by molar-refractivity contribution is 5.98. The maximum absolute atomic E-state index is 6.43. The van der Waals surface area contributed by atoms with E-state index >= 15 is 0 Å². The van der Waals surface area contributed by atoms with Gasteiger partial charge in [-0.25, -0.2) is 14.6 Å². The van der Waals surface area contributed by atoms with Crippen molar-refractivity contribution in [2.45, 2.75) is 77.3 Å². The van der Waals surface area contributed by atoms with E-state index in [2.05, 4.69) is 76.8 Å². The number of benzene rings is 2. The molecule has 1 saturated heterocycles. The van der Waals surface area contributed by atoms with Crippen LogP contribution in [0.3, 0.4) is 0 Å². The standard InChI is InChI=1S/C34H42N8O2/c1-5-21-18-26(34(2,3)4)30-27(19-21)39-33(44-30)38-23-8-6-22(7-9-23)29-28-31(35)36-20-37-32(28)42(40-29)25-12-10-24(11-13-25)41-14-16-43-17-15-41/h6-9,18-20,24-25H,5,10-17H2,1-4H3,(H,38,39)(H2,35,36,37)/t24-,25-. The number of nitrogen functional groups attached to an aromatic ring is 1. The zero-order chi connectivity index (χ0) is 30.4. The summed E-state index contributed by atoms with van der Waals surface area (Å²) in [4.78, 5) is 16.3. The predicted molar refractivity (Wildman–Crippen MR) is 174 cm³/mol. The minimum absolute atomic E-state index is 0.0539. The molecule has 1 aliphatic carbocycles. The van der Waals surface area contributed by atoms with Crippen LogP contribution in [0, 0.1) is 0 Å². The zero-order valence-electron chi connectivity index (χ0n) is 26.1. The lowest BCUT2D eigenvalue weighted by molar-refractivity contribution is 0.00520. The summed E-state index contributed by atoms with van der Waals surface area (Å²) in [5.41, 5.74) is 14.0. The lowest BCUT2D eigenvalue weighted by Crippen LogP contribution is -2.45. The van der Waals surface area contributed by atoms with Gasteiger partial charge < -0.3 is 20.2 Å². The van der Waals surface area contributed by atoms with E-state index in [-0.39, 0.29) is 11.5 Å². The number of aromatic nitrogens is 5. The second-order valence-corrected chi connectivity index (χ2v) is 13.2. The number of hydrogen-bond donors (Lipinski definition) is 2. The number of fused-ring (bicyclic) bond motifs is 2. The van der Waals surface area contributed by atoms with E-state index in [1.165, 1.54) is 11.1 Å². The highest BCUT2D eigenvalue weighted by Gasteiger charge is 2.30. The van der Waals surface area contributed by atoms with Crippen LogP contribution in [0.1, 0.15) is 70.5 Å². The summed E-state index contributed by atoms with van der Waals surface area (Å²) >= 11 is 0. The molecule has 230 valence electrons. The molecule has 44 heavy (non-hydrogen) atoms. The van der Waals surface area contributed by atoms with Gasteiger partial charge in [-0.05, 0) is 61.3 Å². The fraction of sp³-hybridized carbons (Fsp3) is 0.471. The number of ether oxygens (including phenoxy) is 1. The SMILES string of the molecule is CCc1cc(C(C)(C)C)c2oc(Nc3ccc(-c4nn([C@H]5CC[C@H](N6CCOCC6)CC5)c5ncnc(N)c45)cc3)nc2c1. The third-order valence-electron chi connectivity index (χ3n) is 9.27. The molecule has 1 saturated carbocycles. The second kappa shape index (κ2) is 11.5. The number of rotatable bonds is 6. The number of morpholine rings is 1. The number of nitrogens with two attached hydrogens (primary N) is 1. The maximum Gasteiger partial charge on any atom is 0.300 e. The van der Waals surface area contributed by atoms with Crippen LogP contribution >= 0.6 is 0 Å². The predicted octanol–water partition coefficient (Wildman–Crippen LogP) is 6.64. The molecule has 3 N–H and O–H groups in total. The van der Waals surface area contributed by atoms with Crippen LogP contribution in [0.2, 0.25) is 0 Å². The zero-order valence-corrected chi connectivity index (χ0v) is 26.1. The average molecular weight is 595 g/mol. The van der Waals surface area contributed by atoms with Crippen LogP contribution in [0.15, 0.2) is 47.1 Å². The number of nitrogens with one attached hydrogen (secondary N) is 1. The van der Waals surface area contributed by atoms with E-state index in [4.69, 9.17) is 25.0 Å². The summed E-state index contributed by atoms with van der Waals surface area (Å²) < 4.78 is 13.9. The van der Waals surface area contributed by atoms with Gasteiger partial charge in [-0.1, -0.05) is 45.9 Å². The van der Waals surface area contributed by atoms with Gasteiger partial charge in [0.05, 0.1) is 24.6 Å². The molecular weight excluding hydrogens is 552 g/mol. The molecule has 3 aromatic heterocycles. The molecule has 0 amide bonds. The average Bonchev–Trinajstić information content (AvgIpc) is 3.63. The Morgan fingerprint density at radius 3 is 2.41 bits per heavy atom. The summed E-state index contributed by atoms with van der Waals surface area (Å²) in [6, 6.07) is 13.9. The Labute approximate surface area is 258 Å². The van der Waals surface area contributed by atoms with Crippen LogP contribution in [0.4, 0.5) is 17.5 Å². The smallest absolute Gasteiger partial charge is 0.300 e. The third-order valence-corrected chi connectivity index (χ3v) is 9.27. The molecule has 10 nitrogen and oxygen atoms in total. The van der Waals surface area contributed by atoms with E-state index < -0.39 is 0 Å². The highest BCUT2D eigenvalue weighted by Crippen LogP contribution is 2.38. The molecule has 10 heteroatoms. The Morgan fingerprint density at radius 2 is 1.70 bits per heavy atom. The summed E-state index contributed by atoms with van der Waals surface area (Å²) in [6.45, 7) is 12.5. The Hall–Kier alpha value is -4.02. The summed E-state index contributed by atoms with van der Waals surface area (Å²) in [5, 5.41) is 9.29. The molecule has 2 fully saturated rings. The normalized spacial score (nSPS) is 20.0. The van der Waals surface area contributed by atoms with Crippen molar-refractivity contribution < 1.29 is 9.15 Å². The quantitative estimate of drug-likeness (QED) is 0.223. The van der Waals surface area contributed by atoms with Gasteiger partial charge in [0.25, 0.3) is 6.01 Å². The molecule has 2 aromatic carbocycles. The molecule has 0 atom stereocenters. The Morgan fingerprint density at radius 1 is 0.977 bits per heavy atom. The van der Waals surface area contributed by atoms with Crippen LogP contribution in [-0.4, -0.2) is 62.0 Å². The summed E-state index contributed by atoms with van der Waals surface area (Å²) in [7, 11) is 0. The molecule has 1 aliphatic heterocycles. The largest absolute Gasteiger partial charge is 0.423 e. The van der Waals surface area contributed by atoms with Crippen LogP contribution in [-0.2, 0) is 16.6 Å². The second-order valence-electron chi connectivity index (χ2n) is 13.2.